The third kappa shape index (κ3) is 8.08. The number of nitrogens with zero attached hydrogens (tertiary/aromatic N) is 4. The van der Waals surface area contributed by atoms with Crippen molar-refractivity contribution in [2.45, 2.75) is 13.0 Å². The van der Waals surface area contributed by atoms with E-state index in [0.29, 0.717) is 32.3 Å². The van der Waals surface area contributed by atoms with Crippen molar-refractivity contribution in [3.8, 4) is 5.75 Å². The summed E-state index contributed by atoms with van der Waals surface area (Å²) < 4.78 is 12.2. The highest BCUT2D eigenvalue weighted by molar-refractivity contribution is 14.0. The summed E-state index contributed by atoms with van der Waals surface area (Å²) in [6.45, 7) is 2.22. The average Bonchev–Trinajstić information content (AvgIpc) is 3.14. The smallest absolute Gasteiger partial charge is 0.306 e. The zero-order valence-corrected chi connectivity index (χ0v) is 18.2. The SMILES string of the molecule is CN=C(NCCn1cc([N+](=O)[O-])cn1)Nc1cccc(OCCCOC)c1.I. The van der Waals surface area contributed by atoms with Gasteiger partial charge in [-0.3, -0.25) is 19.8 Å². The van der Waals surface area contributed by atoms with Crippen LogP contribution in [-0.4, -0.2) is 54.6 Å². The molecule has 0 unspecified atom stereocenters. The largest absolute Gasteiger partial charge is 0.493 e. The molecule has 2 rings (SSSR count). The number of anilines is 1. The van der Waals surface area contributed by atoms with Crippen molar-refractivity contribution in [2.24, 2.45) is 4.99 Å². The van der Waals surface area contributed by atoms with Gasteiger partial charge in [0.1, 0.15) is 18.1 Å². The minimum atomic E-state index is -0.470. The second-order valence-corrected chi connectivity index (χ2v) is 5.57. The second kappa shape index (κ2) is 12.9. The first-order valence-electron chi connectivity index (χ1n) is 8.48. The van der Waals surface area contributed by atoms with E-state index in [9.17, 15) is 10.1 Å². The summed E-state index contributed by atoms with van der Waals surface area (Å²) in [5.74, 6) is 1.34. The summed E-state index contributed by atoms with van der Waals surface area (Å²) in [6.07, 6.45) is 3.44. The number of aromatic nitrogens is 2. The lowest BCUT2D eigenvalue weighted by atomic mass is 10.3. The Labute approximate surface area is 180 Å². The van der Waals surface area contributed by atoms with Crippen LogP contribution in [0.3, 0.4) is 0 Å². The highest BCUT2D eigenvalue weighted by Gasteiger charge is 2.08. The maximum absolute atomic E-state index is 10.7. The van der Waals surface area contributed by atoms with Crippen molar-refractivity contribution >= 4 is 41.3 Å². The summed E-state index contributed by atoms with van der Waals surface area (Å²) in [5.41, 5.74) is 0.807. The first-order valence-corrected chi connectivity index (χ1v) is 8.48. The van der Waals surface area contributed by atoms with Crippen molar-refractivity contribution in [3.05, 3.63) is 46.8 Å². The van der Waals surface area contributed by atoms with E-state index in [4.69, 9.17) is 9.47 Å². The molecule has 0 bridgehead atoms. The van der Waals surface area contributed by atoms with Gasteiger partial charge in [0.05, 0.1) is 18.1 Å². The van der Waals surface area contributed by atoms with Crippen LogP contribution in [0.1, 0.15) is 6.42 Å². The number of guanidine groups is 1. The Morgan fingerprint density at radius 2 is 2.21 bits per heavy atom. The van der Waals surface area contributed by atoms with Crippen LogP contribution in [0.5, 0.6) is 5.75 Å². The molecule has 0 aliphatic heterocycles. The van der Waals surface area contributed by atoms with Crippen molar-refractivity contribution in [1.82, 2.24) is 15.1 Å². The Morgan fingerprint density at radius 1 is 1.39 bits per heavy atom. The van der Waals surface area contributed by atoms with Gasteiger partial charge in [-0.25, -0.2) is 0 Å². The maximum Gasteiger partial charge on any atom is 0.306 e. The lowest BCUT2D eigenvalue weighted by Gasteiger charge is -2.13. The van der Waals surface area contributed by atoms with Gasteiger partial charge in [0.15, 0.2) is 5.96 Å². The molecule has 28 heavy (non-hydrogen) atoms. The average molecular weight is 504 g/mol. The van der Waals surface area contributed by atoms with E-state index in [1.54, 1.807) is 14.2 Å². The Morgan fingerprint density at radius 3 is 2.89 bits per heavy atom. The zero-order valence-electron chi connectivity index (χ0n) is 15.8. The topological polar surface area (TPSA) is 116 Å². The molecule has 0 fully saturated rings. The van der Waals surface area contributed by atoms with Crippen LogP contribution < -0.4 is 15.4 Å². The molecule has 1 aromatic carbocycles. The monoisotopic (exact) mass is 504 g/mol. The normalized spacial score (nSPS) is 10.9. The fourth-order valence-corrected chi connectivity index (χ4v) is 2.23. The molecule has 0 aliphatic carbocycles. The van der Waals surface area contributed by atoms with E-state index in [0.717, 1.165) is 17.9 Å². The number of hydrogen-bond donors (Lipinski definition) is 2. The molecule has 0 saturated carbocycles. The van der Waals surface area contributed by atoms with Crippen LogP contribution in [0, 0.1) is 10.1 Å². The van der Waals surface area contributed by atoms with E-state index in [2.05, 4.69) is 20.7 Å². The number of aliphatic imine (C=N–C) groups is 1. The maximum atomic E-state index is 10.7. The van der Waals surface area contributed by atoms with Crippen LogP contribution in [0.2, 0.25) is 0 Å². The Hall–Kier alpha value is -2.41. The number of hydrogen-bond acceptors (Lipinski definition) is 6. The predicted molar refractivity (Wildman–Crippen MR) is 118 cm³/mol. The number of nitro groups is 1. The number of ether oxygens (including phenoxy) is 2. The van der Waals surface area contributed by atoms with Crippen molar-refractivity contribution in [2.75, 3.05) is 39.2 Å². The molecular weight excluding hydrogens is 479 g/mol. The van der Waals surface area contributed by atoms with Crippen LogP contribution in [0.4, 0.5) is 11.4 Å². The van der Waals surface area contributed by atoms with Gasteiger partial charge in [-0.15, -0.1) is 24.0 Å². The first-order chi connectivity index (χ1) is 13.1. The first kappa shape index (κ1) is 23.6. The highest BCUT2D eigenvalue weighted by Crippen LogP contribution is 2.17. The van der Waals surface area contributed by atoms with Gasteiger partial charge in [-0.2, -0.15) is 5.10 Å². The van der Waals surface area contributed by atoms with Crippen molar-refractivity contribution < 1.29 is 14.4 Å². The van der Waals surface area contributed by atoms with Gasteiger partial charge in [-0.05, 0) is 12.1 Å². The molecule has 0 atom stereocenters. The fraction of sp³-hybridized carbons (Fsp3) is 0.412. The minimum Gasteiger partial charge on any atom is -0.493 e. The third-order valence-electron chi connectivity index (χ3n) is 3.55. The molecule has 2 N–H and O–H groups in total. The van der Waals surface area contributed by atoms with Crippen molar-refractivity contribution in [3.63, 3.8) is 0 Å². The third-order valence-corrected chi connectivity index (χ3v) is 3.55. The lowest BCUT2D eigenvalue weighted by molar-refractivity contribution is -0.385. The van der Waals surface area contributed by atoms with E-state index >= 15 is 0 Å². The fourth-order valence-electron chi connectivity index (χ4n) is 2.23. The van der Waals surface area contributed by atoms with E-state index in [-0.39, 0.29) is 29.7 Å². The second-order valence-electron chi connectivity index (χ2n) is 5.57. The zero-order chi connectivity index (χ0) is 19.5. The minimum absolute atomic E-state index is 0. The van der Waals surface area contributed by atoms with E-state index in [1.165, 1.54) is 17.1 Å². The van der Waals surface area contributed by atoms with Gasteiger partial charge in [-0.1, -0.05) is 6.07 Å². The quantitative estimate of drug-likeness (QED) is 0.128. The van der Waals surface area contributed by atoms with Gasteiger partial charge in [0.25, 0.3) is 0 Å². The molecule has 1 aromatic heterocycles. The van der Waals surface area contributed by atoms with Gasteiger partial charge < -0.3 is 20.1 Å². The van der Waals surface area contributed by atoms with Gasteiger partial charge >= 0.3 is 5.69 Å². The van der Waals surface area contributed by atoms with E-state index < -0.39 is 4.92 Å². The van der Waals surface area contributed by atoms with Crippen molar-refractivity contribution in [1.29, 1.82) is 0 Å². The Bertz CT molecular complexity index is 768. The molecule has 1 heterocycles. The van der Waals surface area contributed by atoms with Crippen LogP contribution in [0.25, 0.3) is 0 Å². The van der Waals surface area contributed by atoms with Crippen LogP contribution in [-0.2, 0) is 11.3 Å². The number of halogens is 1. The number of rotatable bonds is 10. The molecule has 11 heteroatoms. The highest BCUT2D eigenvalue weighted by atomic mass is 127. The number of methoxy groups -OCH3 is 1. The number of nitrogens with one attached hydrogen (secondary N) is 2. The lowest BCUT2D eigenvalue weighted by Crippen LogP contribution is -2.33. The molecular formula is C17H25IN6O4. The van der Waals surface area contributed by atoms with Crippen LogP contribution in [0.15, 0.2) is 41.7 Å². The Balaban J connectivity index is 0.00000392. The van der Waals surface area contributed by atoms with Gasteiger partial charge in [0.2, 0.25) is 0 Å². The molecule has 2 aromatic rings. The summed E-state index contributed by atoms with van der Waals surface area (Å²) in [7, 11) is 3.33. The molecule has 0 saturated heterocycles. The predicted octanol–water partition coefficient (Wildman–Crippen LogP) is 2.51. The summed E-state index contributed by atoms with van der Waals surface area (Å²) in [5, 5.41) is 20.9. The van der Waals surface area contributed by atoms with Gasteiger partial charge in [0, 0.05) is 45.5 Å². The van der Waals surface area contributed by atoms with Crippen LogP contribution >= 0.6 is 24.0 Å². The standard InChI is InChI=1S/C17H24N6O4.HI/c1-18-17(19-7-8-22-13-15(12-20-22)23(24)25)21-14-5-3-6-16(11-14)27-10-4-9-26-2;/h3,5-6,11-13H,4,7-10H2,1-2H3,(H2,18,19,21);1H. The summed E-state index contributed by atoms with van der Waals surface area (Å²) in [6, 6.07) is 7.57. The van der Waals surface area contributed by atoms with E-state index in [1.807, 2.05) is 24.3 Å². The summed E-state index contributed by atoms with van der Waals surface area (Å²) >= 11 is 0. The molecule has 154 valence electrons. The molecule has 0 spiro atoms. The number of benzene rings is 1. The molecule has 0 radical (unpaired) electrons. The molecule has 0 amide bonds. The molecule has 10 nitrogen and oxygen atoms in total. The Kier molecular flexibility index (Phi) is 10.9. The molecule has 0 aliphatic rings. The summed E-state index contributed by atoms with van der Waals surface area (Å²) in [4.78, 5) is 14.4.